The van der Waals surface area contributed by atoms with Gasteiger partial charge in [0.1, 0.15) is 17.8 Å². The Kier molecular flexibility index (Phi) is 13.7. The Morgan fingerprint density at radius 2 is 1.33 bits per heavy atom. The van der Waals surface area contributed by atoms with E-state index in [1.165, 1.54) is 64.2 Å². The normalized spacial score (nSPS) is 16.3. The van der Waals surface area contributed by atoms with Crippen molar-refractivity contribution in [3.8, 4) is 5.75 Å². The zero-order valence-electron chi connectivity index (χ0n) is 26.4. The summed E-state index contributed by atoms with van der Waals surface area (Å²) in [6, 6.07) is 4.02. The Labute approximate surface area is 245 Å². The molecule has 1 aliphatic heterocycles. The molecule has 1 aromatic rings. The van der Waals surface area contributed by atoms with E-state index < -0.39 is 0 Å². The highest BCUT2D eigenvalue weighted by Gasteiger charge is 2.29. The van der Waals surface area contributed by atoms with Gasteiger partial charge in [-0.2, -0.15) is 4.99 Å². The molecule has 1 unspecified atom stereocenters. The molecule has 6 heteroatoms. The van der Waals surface area contributed by atoms with Crippen LogP contribution < -0.4 is 5.32 Å². The van der Waals surface area contributed by atoms with Crippen molar-refractivity contribution in [2.45, 2.75) is 162 Å². The third-order valence-corrected chi connectivity index (χ3v) is 8.06. The third kappa shape index (κ3) is 11.0. The number of aliphatic imine (C=N–C) groups is 2. The lowest BCUT2D eigenvalue weighted by atomic mass is 9.80. The second-order valence-corrected chi connectivity index (χ2v) is 13.9. The van der Waals surface area contributed by atoms with Crippen molar-refractivity contribution in [1.82, 2.24) is 4.31 Å². The predicted molar refractivity (Wildman–Crippen MR) is 175 cm³/mol. The van der Waals surface area contributed by atoms with Gasteiger partial charge >= 0.3 is 0 Å². The number of guanidine groups is 1. The molecule has 2 N–H and O–H groups in total. The monoisotopic (exact) mass is 558 g/mol. The maximum Gasteiger partial charge on any atom is 0.216 e. The van der Waals surface area contributed by atoms with Gasteiger partial charge in [0.05, 0.1) is 0 Å². The molecule has 1 heterocycles. The zero-order chi connectivity index (χ0) is 29.1. The SMILES string of the molecule is CCCCCCCCC1=NC(CCCCCCCC)N(S)C(Nc2cc(C(C)(C)C)c(O)cc2C(C)(C)C)=N1. The molecule has 0 radical (unpaired) electrons. The number of thiol groups is 1. The van der Waals surface area contributed by atoms with E-state index in [0.29, 0.717) is 5.75 Å². The molecule has 0 amide bonds. The average molecular weight is 559 g/mol. The summed E-state index contributed by atoms with van der Waals surface area (Å²) >= 11 is 4.92. The van der Waals surface area contributed by atoms with Crippen LogP contribution in [0.4, 0.5) is 5.69 Å². The molecule has 0 saturated heterocycles. The number of rotatable bonds is 15. The van der Waals surface area contributed by atoms with E-state index in [9.17, 15) is 5.11 Å². The van der Waals surface area contributed by atoms with Crippen LogP contribution in [0.15, 0.2) is 22.1 Å². The molecule has 0 bridgehead atoms. The number of amidine groups is 1. The number of hydrogen-bond acceptors (Lipinski definition) is 6. The van der Waals surface area contributed by atoms with Gasteiger partial charge in [-0.25, -0.2) is 4.99 Å². The number of aromatic hydroxyl groups is 1. The van der Waals surface area contributed by atoms with Crippen LogP contribution in [0.5, 0.6) is 5.75 Å². The maximum absolute atomic E-state index is 10.9. The highest BCUT2D eigenvalue weighted by atomic mass is 32.1. The Morgan fingerprint density at radius 3 is 1.90 bits per heavy atom. The summed E-state index contributed by atoms with van der Waals surface area (Å²) in [7, 11) is 0. The van der Waals surface area contributed by atoms with Crippen LogP contribution in [-0.4, -0.2) is 27.4 Å². The van der Waals surface area contributed by atoms with Crippen molar-refractivity contribution in [3.63, 3.8) is 0 Å². The Balaban J connectivity index is 2.29. The summed E-state index contributed by atoms with van der Waals surface area (Å²) in [6.45, 7) is 17.5. The molecule has 1 aliphatic rings. The van der Waals surface area contributed by atoms with Crippen LogP contribution in [-0.2, 0) is 10.8 Å². The second kappa shape index (κ2) is 15.9. The standard InChI is InChI=1S/C33H58N4OS/c1-9-11-13-15-17-19-21-29-35-30(22-20-18-16-14-12-10-2)37(39)31(36-29)34-27-23-26(33(6,7)8)28(38)24-25(27)32(3,4)5/h23-24,30,38-39H,9-22H2,1-8H3,(H,34,35,36). The van der Waals surface area contributed by atoms with Gasteiger partial charge in [0.2, 0.25) is 5.96 Å². The first-order chi connectivity index (χ1) is 18.4. The zero-order valence-corrected chi connectivity index (χ0v) is 27.3. The first-order valence-electron chi connectivity index (χ1n) is 15.7. The van der Waals surface area contributed by atoms with Gasteiger partial charge < -0.3 is 10.4 Å². The fourth-order valence-corrected chi connectivity index (χ4v) is 5.43. The number of nitrogens with one attached hydrogen (secondary N) is 1. The van der Waals surface area contributed by atoms with Gasteiger partial charge in [0.25, 0.3) is 0 Å². The molecule has 0 fully saturated rings. The van der Waals surface area contributed by atoms with Crippen molar-refractivity contribution in [2.75, 3.05) is 5.32 Å². The summed E-state index contributed by atoms with van der Waals surface area (Å²) in [5.74, 6) is 2.01. The molecule has 1 atom stereocenters. The summed E-state index contributed by atoms with van der Waals surface area (Å²) in [4.78, 5) is 10.1. The van der Waals surface area contributed by atoms with Crippen LogP contribution in [0, 0.1) is 0 Å². The van der Waals surface area contributed by atoms with E-state index in [2.05, 4.69) is 66.8 Å². The number of hydrogen-bond donors (Lipinski definition) is 3. The molecule has 5 nitrogen and oxygen atoms in total. The average Bonchev–Trinajstić information content (AvgIpc) is 2.85. The minimum atomic E-state index is -0.184. The summed E-state index contributed by atoms with van der Waals surface area (Å²) in [5.41, 5.74) is 2.62. The smallest absolute Gasteiger partial charge is 0.216 e. The number of phenolic OH excluding ortho intramolecular Hbond substituents is 1. The molecule has 0 saturated carbocycles. The van der Waals surface area contributed by atoms with Gasteiger partial charge in [-0.05, 0) is 47.8 Å². The lowest BCUT2D eigenvalue weighted by Gasteiger charge is -2.33. The van der Waals surface area contributed by atoms with E-state index >= 15 is 0 Å². The number of anilines is 1. The van der Waals surface area contributed by atoms with Gasteiger partial charge in [0, 0.05) is 17.7 Å². The minimum Gasteiger partial charge on any atom is -0.508 e. The summed E-state index contributed by atoms with van der Waals surface area (Å²) in [6.07, 6.45) is 17.0. The van der Waals surface area contributed by atoms with Crippen LogP contribution in [0.1, 0.15) is 156 Å². The highest BCUT2D eigenvalue weighted by Crippen LogP contribution is 2.40. The fourth-order valence-electron chi connectivity index (χ4n) is 5.17. The number of benzene rings is 1. The van der Waals surface area contributed by atoms with Gasteiger partial charge in [-0.15, -0.1) is 0 Å². The Hall–Kier alpha value is -1.69. The highest BCUT2D eigenvalue weighted by molar-refractivity contribution is 7.78. The van der Waals surface area contributed by atoms with Gasteiger partial charge in [0.15, 0.2) is 0 Å². The number of unbranched alkanes of at least 4 members (excludes halogenated alkanes) is 10. The van der Waals surface area contributed by atoms with Crippen molar-refractivity contribution >= 4 is 30.3 Å². The molecule has 39 heavy (non-hydrogen) atoms. The van der Waals surface area contributed by atoms with E-state index in [4.69, 9.17) is 22.8 Å². The fraction of sp³-hybridized carbons (Fsp3) is 0.758. The van der Waals surface area contributed by atoms with Crippen LogP contribution >= 0.6 is 12.8 Å². The van der Waals surface area contributed by atoms with E-state index in [1.807, 2.05) is 10.4 Å². The number of phenols is 1. The first-order valence-corrected chi connectivity index (χ1v) is 16.1. The molecule has 0 aromatic heterocycles. The van der Waals surface area contributed by atoms with Crippen LogP contribution in [0.25, 0.3) is 0 Å². The quantitative estimate of drug-likeness (QED) is 0.114. The summed E-state index contributed by atoms with van der Waals surface area (Å²) in [5, 5.41) is 14.6. The first kappa shape index (κ1) is 33.5. The van der Waals surface area contributed by atoms with Crippen molar-refractivity contribution < 1.29 is 5.11 Å². The third-order valence-electron chi connectivity index (χ3n) is 7.60. The van der Waals surface area contributed by atoms with Crippen molar-refractivity contribution in [3.05, 3.63) is 23.3 Å². The maximum atomic E-state index is 10.9. The molecule has 2 rings (SSSR count). The van der Waals surface area contributed by atoms with Gasteiger partial charge in [-0.1, -0.05) is 132 Å². The van der Waals surface area contributed by atoms with E-state index in [1.54, 1.807) is 0 Å². The molecule has 1 aromatic carbocycles. The molecule has 0 spiro atoms. The largest absolute Gasteiger partial charge is 0.508 e. The molecule has 222 valence electrons. The lowest BCUT2D eigenvalue weighted by Crippen LogP contribution is -2.41. The van der Waals surface area contributed by atoms with E-state index in [0.717, 1.165) is 54.3 Å². The minimum absolute atomic E-state index is 0.0214. The molecule has 0 aliphatic carbocycles. The van der Waals surface area contributed by atoms with Crippen molar-refractivity contribution in [2.24, 2.45) is 9.98 Å². The van der Waals surface area contributed by atoms with Crippen LogP contribution in [0.3, 0.4) is 0 Å². The van der Waals surface area contributed by atoms with Crippen LogP contribution in [0.2, 0.25) is 0 Å². The lowest BCUT2D eigenvalue weighted by molar-refractivity contribution is 0.428. The Bertz CT molecular complexity index is 942. The predicted octanol–water partition coefficient (Wildman–Crippen LogP) is 10.1. The van der Waals surface area contributed by atoms with Crippen molar-refractivity contribution in [1.29, 1.82) is 0 Å². The van der Waals surface area contributed by atoms with Gasteiger partial charge in [-0.3, -0.25) is 4.31 Å². The number of nitrogens with zero attached hydrogens (tertiary/aromatic N) is 3. The second-order valence-electron chi connectivity index (χ2n) is 13.4. The van der Waals surface area contributed by atoms with E-state index in [-0.39, 0.29) is 17.0 Å². The topological polar surface area (TPSA) is 60.2 Å². The summed E-state index contributed by atoms with van der Waals surface area (Å²) < 4.78 is 1.92. The Morgan fingerprint density at radius 1 is 0.795 bits per heavy atom. The molecular weight excluding hydrogens is 500 g/mol. The molecular formula is C33H58N4OS.